The summed E-state index contributed by atoms with van der Waals surface area (Å²) < 4.78 is 36.4. The zero-order chi connectivity index (χ0) is 15.2. The Morgan fingerprint density at radius 3 is 2.45 bits per heavy atom. The maximum absolute atomic E-state index is 11.9. The topological polar surface area (TPSA) is 88.4 Å². The van der Waals surface area contributed by atoms with Crippen molar-refractivity contribution < 1.29 is 17.9 Å². The Kier molecular flexibility index (Phi) is 5.80. The van der Waals surface area contributed by atoms with E-state index in [1.54, 1.807) is 31.2 Å². The normalized spacial score (nSPS) is 12.5. The van der Waals surface area contributed by atoms with Crippen molar-refractivity contribution in [2.24, 2.45) is 0 Å². The lowest BCUT2D eigenvalue weighted by Crippen LogP contribution is -2.32. The second-order valence-corrected chi connectivity index (χ2v) is 6.03. The monoisotopic (exact) mass is 298 g/mol. The van der Waals surface area contributed by atoms with E-state index in [1.165, 1.54) is 14.2 Å². The Balaban J connectivity index is 2.83. The number of nitriles is 1. The molecule has 1 atom stereocenters. The first kappa shape index (κ1) is 16.3. The number of hydrogen-bond donors (Lipinski definition) is 1. The van der Waals surface area contributed by atoms with Gasteiger partial charge in [-0.15, -0.1) is 0 Å². The fourth-order valence-corrected chi connectivity index (χ4v) is 2.80. The minimum absolute atomic E-state index is 0.0981. The van der Waals surface area contributed by atoms with Crippen molar-refractivity contribution in [1.82, 2.24) is 4.72 Å². The van der Waals surface area contributed by atoms with Gasteiger partial charge in [-0.25, -0.2) is 13.1 Å². The minimum Gasteiger partial charge on any atom is -0.493 e. The molecule has 1 aromatic rings. The molecule has 0 saturated heterocycles. The third-order valence-electron chi connectivity index (χ3n) is 2.81. The summed E-state index contributed by atoms with van der Waals surface area (Å²) >= 11 is 0. The van der Waals surface area contributed by atoms with Crippen molar-refractivity contribution >= 4 is 10.0 Å². The van der Waals surface area contributed by atoms with Gasteiger partial charge in [-0.3, -0.25) is 0 Å². The van der Waals surface area contributed by atoms with Crippen molar-refractivity contribution in [3.05, 3.63) is 23.8 Å². The Morgan fingerprint density at radius 2 is 1.95 bits per heavy atom. The van der Waals surface area contributed by atoms with Crippen molar-refractivity contribution in [1.29, 1.82) is 5.26 Å². The van der Waals surface area contributed by atoms with Gasteiger partial charge in [0.25, 0.3) is 0 Å². The molecule has 0 heterocycles. The fourth-order valence-electron chi connectivity index (χ4n) is 1.66. The van der Waals surface area contributed by atoms with Gasteiger partial charge in [0.05, 0.1) is 20.3 Å². The molecule has 0 aliphatic carbocycles. The van der Waals surface area contributed by atoms with Gasteiger partial charge in [-0.1, -0.05) is 13.0 Å². The SMILES string of the molecule is CCC(C#N)S(=O)(=O)NCc1ccc(OC)c(OC)c1. The van der Waals surface area contributed by atoms with E-state index >= 15 is 0 Å². The molecule has 110 valence electrons. The molecule has 0 aromatic heterocycles. The number of nitrogens with zero attached hydrogens (tertiary/aromatic N) is 1. The van der Waals surface area contributed by atoms with Crippen LogP contribution in [0.4, 0.5) is 0 Å². The molecule has 0 radical (unpaired) electrons. The van der Waals surface area contributed by atoms with Gasteiger partial charge in [-0.05, 0) is 24.1 Å². The first-order chi connectivity index (χ1) is 9.48. The first-order valence-electron chi connectivity index (χ1n) is 6.07. The molecular formula is C13H18N2O4S. The van der Waals surface area contributed by atoms with Crippen LogP contribution in [0.1, 0.15) is 18.9 Å². The molecule has 20 heavy (non-hydrogen) atoms. The van der Waals surface area contributed by atoms with Gasteiger partial charge in [0.2, 0.25) is 10.0 Å². The van der Waals surface area contributed by atoms with Crippen LogP contribution in [0.15, 0.2) is 18.2 Å². The standard InChI is InChI=1S/C13H18N2O4S/c1-4-11(8-14)20(16,17)15-9-10-5-6-12(18-2)13(7-10)19-3/h5-7,11,15H,4,9H2,1-3H3. The van der Waals surface area contributed by atoms with E-state index < -0.39 is 15.3 Å². The molecule has 0 aliphatic heterocycles. The number of ether oxygens (including phenoxy) is 2. The highest BCUT2D eigenvalue weighted by Gasteiger charge is 2.22. The molecule has 0 amide bonds. The van der Waals surface area contributed by atoms with Crippen LogP contribution in [0.2, 0.25) is 0 Å². The number of sulfonamides is 1. The molecule has 1 aromatic carbocycles. The highest BCUT2D eigenvalue weighted by molar-refractivity contribution is 7.90. The maximum atomic E-state index is 11.9. The first-order valence-corrected chi connectivity index (χ1v) is 7.62. The van der Waals surface area contributed by atoms with Gasteiger partial charge in [-0.2, -0.15) is 5.26 Å². The van der Waals surface area contributed by atoms with Crippen LogP contribution in [0.5, 0.6) is 11.5 Å². The molecule has 1 rings (SSSR count). The number of methoxy groups -OCH3 is 2. The van der Waals surface area contributed by atoms with Gasteiger partial charge in [0.1, 0.15) is 0 Å². The molecule has 0 spiro atoms. The average Bonchev–Trinajstić information content (AvgIpc) is 2.45. The molecule has 6 nitrogen and oxygen atoms in total. The van der Waals surface area contributed by atoms with Crippen LogP contribution in [0.3, 0.4) is 0 Å². The summed E-state index contributed by atoms with van der Waals surface area (Å²) in [5.41, 5.74) is 0.721. The van der Waals surface area contributed by atoms with E-state index in [9.17, 15) is 8.42 Å². The summed E-state index contributed by atoms with van der Waals surface area (Å²) in [6.45, 7) is 1.75. The average molecular weight is 298 g/mol. The van der Waals surface area contributed by atoms with Gasteiger partial charge >= 0.3 is 0 Å². The highest BCUT2D eigenvalue weighted by Crippen LogP contribution is 2.27. The number of nitrogens with one attached hydrogen (secondary N) is 1. The third kappa shape index (κ3) is 3.85. The van der Waals surface area contributed by atoms with Crippen LogP contribution in [0, 0.1) is 11.3 Å². The van der Waals surface area contributed by atoms with E-state index in [0.29, 0.717) is 11.5 Å². The van der Waals surface area contributed by atoms with Crippen molar-refractivity contribution in [3.8, 4) is 17.6 Å². The predicted molar refractivity (Wildman–Crippen MR) is 75.0 cm³/mol. The number of hydrogen-bond acceptors (Lipinski definition) is 5. The zero-order valence-corrected chi connectivity index (χ0v) is 12.5. The molecular weight excluding hydrogens is 280 g/mol. The summed E-state index contributed by atoms with van der Waals surface area (Å²) in [6.07, 6.45) is 0.248. The fraction of sp³-hybridized carbons (Fsp3) is 0.462. The van der Waals surface area contributed by atoms with E-state index in [-0.39, 0.29) is 13.0 Å². The molecule has 1 N–H and O–H groups in total. The summed E-state index contributed by atoms with van der Waals surface area (Å²) in [7, 11) is -0.604. The predicted octanol–water partition coefficient (Wildman–Crippen LogP) is 1.43. The Bertz CT molecular complexity index is 593. The molecule has 7 heteroatoms. The van der Waals surface area contributed by atoms with Gasteiger partial charge in [0, 0.05) is 6.54 Å². The van der Waals surface area contributed by atoms with Crippen molar-refractivity contribution in [2.75, 3.05) is 14.2 Å². The van der Waals surface area contributed by atoms with Gasteiger partial charge in [0.15, 0.2) is 16.7 Å². The second-order valence-electron chi connectivity index (χ2n) is 4.08. The van der Waals surface area contributed by atoms with Crippen molar-refractivity contribution in [3.63, 3.8) is 0 Å². The van der Waals surface area contributed by atoms with E-state index in [4.69, 9.17) is 14.7 Å². The highest BCUT2D eigenvalue weighted by atomic mass is 32.2. The molecule has 0 fully saturated rings. The van der Waals surface area contributed by atoms with Crippen LogP contribution < -0.4 is 14.2 Å². The van der Waals surface area contributed by atoms with E-state index in [0.717, 1.165) is 5.56 Å². The Hall–Kier alpha value is -1.78. The van der Waals surface area contributed by atoms with Crippen LogP contribution in [-0.4, -0.2) is 27.9 Å². The smallest absolute Gasteiger partial charge is 0.228 e. The minimum atomic E-state index is -3.64. The molecule has 0 bridgehead atoms. The summed E-state index contributed by atoms with van der Waals surface area (Å²) in [5.74, 6) is 1.10. The summed E-state index contributed by atoms with van der Waals surface area (Å²) in [6, 6.07) is 6.89. The summed E-state index contributed by atoms with van der Waals surface area (Å²) in [5, 5.41) is 7.76. The lowest BCUT2D eigenvalue weighted by Gasteiger charge is -2.12. The van der Waals surface area contributed by atoms with E-state index in [1.807, 2.05) is 0 Å². The third-order valence-corrected chi connectivity index (χ3v) is 4.55. The van der Waals surface area contributed by atoms with Gasteiger partial charge < -0.3 is 9.47 Å². The molecule has 0 aliphatic rings. The molecule has 1 unspecified atom stereocenters. The van der Waals surface area contributed by atoms with Crippen molar-refractivity contribution in [2.45, 2.75) is 25.1 Å². The summed E-state index contributed by atoms with van der Waals surface area (Å²) in [4.78, 5) is 0. The quantitative estimate of drug-likeness (QED) is 0.822. The number of rotatable bonds is 7. The zero-order valence-electron chi connectivity index (χ0n) is 11.7. The van der Waals surface area contributed by atoms with Crippen LogP contribution in [-0.2, 0) is 16.6 Å². The maximum Gasteiger partial charge on any atom is 0.228 e. The van der Waals surface area contributed by atoms with E-state index in [2.05, 4.69) is 4.72 Å². The lowest BCUT2D eigenvalue weighted by atomic mass is 10.2. The van der Waals surface area contributed by atoms with Crippen LogP contribution in [0.25, 0.3) is 0 Å². The Labute approximate surface area is 119 Å². The Morgan fingerprint density at radius 1 is 1.30 bits per heavy atom. The van der Waals surface area contributed by atoms with Crippen LogP contribution >= 0.6 is 0 Å². The number of benzene rings is 1. The second kappa shape index (κ2) is 7.12. The molecule has 0 saturated carbocycles. The lowest BCUT2D eigenvalue weighted by molar-refractivity contribution is 0.354. The largest absolute Gasteiger partial charge is 0.493 e.